The van der Waals surface area contributed by atoms with Gasteiger partial charge in [-0.05, 0) is 75.3 Å². The molecule has 0 atom stereocenters. The van der Waals surface area contributed by atoms with Crippen LogP contribution in [0.3, 0.4) is 0 Å². The molecule has 0 saturated heterocycles. The van der Waals surface area contributed by atoms with Crippen molar-refractivity contribution in [1.29, 1.82) is 5.41 Å². The lowest BCUT2D eigenvalue weighted by Gasteiger charge is -2.28. The summed E-state index contributed by atoms with van der Waals surface area (Å²) in [6.07, 6.45) is 9.44. The van der Waals surface area contributed by atoms with Crippen molar-refractivity contribution in [2.75, 3.05) is 38.1 Å². The number of anilines is 1. The molecular weight excluding hydrogens is 440 g/mol. The number of nitrogens with one attached hydrogen (secondary N) is 1. The molecule has 36 heavy (non-hydrogen) atoms. The molecule has 0 aromatic heterocycles. The fraction of sp³-hybridized carbons (Fsp3) is 0.438. The Morgan fingerprint density at radius 2 is 1.69 bits per heavy atom. The van der Waals surface area contributed by atoms with Crippen molar-refractivity contribution >= 4 is 23.3 Å². The Bertz CT molecular complexity index is 1220. The number of hydrogen-bond donors (Lipinski definition) is 1. The van der Waals surface area contributed by atoms with E-state index in [4.69, 9.17) is 5.41 Å². The van der Waals surface area contributed by atoms with Crippen LogP contribution in [0.15, 0.2) is 66.4 Å². The summed E-state index contributed by atoms with van der Waals surface area (Å²) in [6, 6.07) is 15.2. The first-order valence-electron chi connectivity index (χ1n) is 13.4. The third-order valence-electron chi connectivity index (χ3n) is 8.28. The van der Waals surface area contributed by atoms with Crippen LogP contribution >= 0.6 is 0 Å². The maximum absolute atomic E-state index is 7.67. The lowest BCUT2D eigenvalue weighted by Crippen LogP contribution is -2.30. The average molecular weight is 484 g/mol. The molecule has 4 heteroatoms. The van der Waals surface area contributed by atoms with Gasteiger partial charge in [-0.1, -0.05) is 52.0 Å². The van der Waals surface area contributed by atoms with Crippen molar-refractivity contribution in [1.82, 2.24) is 4.90 Å². The molecule has 2 aliphatic heterocycles. The second kappa shape index (κ2) is 10.2. The van der Waals surface area contributed by atoms with Crippen LogP contribution in [0, 0.1) is 5.41 Å². The van der Waals surface area contributed by atoms with Gasteiger partial charge in [0, 0.05) is 47.3 Å². The molecular formula is C32H43N4+. The summed E-state index contributed by atoms with van der Waals surface area (Å²) in [6.45, 7) is 18.1. The van der Waals surface area contributed by atoms with E-state index in [0.29, 0.717) is 0 Å². The fourth-order valence-corrected chi connectivity index (χ4v) is 6.05. The van der Waals surface area contributed by atoms with Crippen LogP contribution in [0.2, 0.25) is 0 Å². The highest BCUT2D eigenvalue weighted by Gasteiger charge is 2.43. The lowest BCUT2D eigenvalue weighted by molar-refractivity contribution is -0.401. The van der Waals surface area contributed by atoms with Crippen LogP contribution in [0.5, 0.6) is 0 Å². The molecule has 4 rings (SSSR count). The van der Waals surface area contributed by atoms with Crippen molar-refractivity contribution in [3.05, 3.63) is 83.1 Å². The summed E-state index contributed by atoms with van der Waals surface area (Å²) in [5.41, 5.74) is 8.70. The van der Waals surface area contributed by atoms with Gasteiger partial charge in [0.2, 0.25) is 5.69 Å². The summed E-state index contributed by atoms with van der Waals surface area (Å²) in [5.74, 6) is 0. The van der Waals surface area contributed by atoms with Gasteiger partial charge in [-0.25, -0.2) is 0 Å². The number of fused-ring (bicyclic) bond motifs is 2. The van der Waals surface area contributed by atoms with E-state index in [1.807, 2.05) is 6.07 Å². The predicted octanol–water partition coefficient (Wildman–Crippen LogP) is 6.66. The van der Waals surface area contributed by atoms with Gasteiger partial charge in [-0.15, -0.1) is 0 Å². The molecule has 4 nitrogen and oxygen atoms in total. The van der Waals surface area contributed by atoms with Gasteiger partial charge < -0.3 is 15.2 Å². The Balaban J connectivity index is 1.65. The van der Waals surface area contributed by atoms with Crippen LogP contribution in [0.25, 0.3) is 0 Å². The summed E-state index contributed by atoms with van der Waals surface area (Å²) in [5, 5.41) is 7.67. The van der Waals surface area contributed by atoms with Crippen molar-refractivity contribution in [3.8, 4) is 0 Å². The molecule has 190 valence electrons. The second-order valence-electron chi connectivity index (χ2n) is 11.1. The van der Waals surface area contributed by atoms with Crippen LogP contribution in [0.1, 0.15) is 64.7 Å². The fourth-order valence-electron chi connectivity index (χ4n) is 6.05. The van der Waals surface area contributed by atoms with Gasteiger partial charge >= 0.3 is 0 Å². The zero-order valence-electron chi connectivity index (χ0n) is 23.2. The van der Waals surface area contributed by atoms with E-state index in [9.17, 15) is 0 Å². The van der Waals surface area contributed by atoms with Gasteiger partial charge in [-0.2, -0.15) is 4.58 Å². The molecule has 0 fully saturated rings. The molecule has 0 saturated carbocycles. The molecule has 0 bridgehead atoms. The lowest BCUT2D eigenvalue weighted by atomic mass is 9.80. The van der Waals surface area contributed by atoms with E-state index in [0.717, 1.165) is 38.2 Å². The Labute approximate surface area is 218 Å². The number of allylic oxidation sites excluding steroid dienone is 4. The Morgan fingerprint density at radius 3 is 2.39 bits per heavy atom. The third-order valence-corrected chi connectivity index (χ3v) is 8.28. The first kappa shape index (κ1) is 26.1. The van der Waals surface area contributed by atoms with Crippen LogP contribution in [-0.2, 0) is 10.8 Å². The van der Waals surface area contributed by atoms with Crippen LogP contribution < -0.4 is 4.90 Å². The van der Waals surface area contributed by atoms with Crippen molar-refractivity contribution in [2.24, 2.45) is 0 Å². The predicted molar refractivity (Wildman–Crippen MR) is 155 cm³/mol. The first-order chi connectivity index (χ1) is 17.2. The summed E-state index contributed by atoms with van der Waals surface area (Å²) >= 11 is 0. The first-order valence-corrected chi connectivity index (χ1v) is 13.4. The van der Waals surface area contributed by atoms with Gasteiger partial charge in [0.25, 0.3) is 0 Å². The zero-order valence-corrected chi connectivity index (χ0v) is 23.2. The highest BCUT2D eigenvalue weighted by Crippen LogP contribution is 2.47. The van der Waals surface area contributed by atoms with E-state index in [1.165, 1.54) is 40.1 Å². The van der Waals surface area contributed by atoms with E-state index < -0.39 is 0 Å². The van der Waals surface area contributed by atoms with Gasteiger partial charge in [0.1, 0.15) is 7.05 Å². The quantitative estimate of drug-likeness (QED) is 0.320. The Hall–Kier alpha value is -2.98. The number of benzene rings is 2. The van der Waals surface area contributed by atoms with E-state index in [-0.39, 0.29) is 10.8 Å². The van der Waals surface area contributed by atoms with Gasteiger partial charge in [0.05, 0.1) is 5.41 Å². The topological polar surface area (TPSA) is 33.3 Å². The number of rotatable bonds is 9. The molecule has 0 radical (unpaired) electrons. The van der Waals surface area contributed by atoms with E-state index >= 15 is 0 Å². The number of hydrogen-bond acceptors (Lipinski definition) is 3. The molecule has 2 aromatic rings. The SMILES string of the molecule is CCN(CC)CCCN1C(=CC=CC2=[N+](C)c3ccc(C=N)cc3C2(C)C)C(C)(C)c2ccccc21. The minimum absolute atomic E-state index is 0.0419. The number of nitrogens with zero attached hydrogens (tertiary/aromatic N) is 3. The van der Waals surface area contributed by atoms with Crippen LogP contribution in [0.4, 0.5) is 11.4 Å². The molecule has 0 amide bonds. The molecule has 2 heterocycles. The van der Waals surface area contributed by atoms with E-state index in [1.54, 1.807) is 0 Å². The number of para-hydroxylation sites is 1. The molecule has 0 unspecified atom stereocenters. The van der Waals surface area contributed by atoms with Crippen molar-refractivity contribution in [3.63, 3.8) is 0 Å². The van der Waals surface area contributed by atoms with Gasteiger partial charge in [-0.3, -0.25) is 0 Å². The highest BCUT2D eigenvalue weighted by molar-refractivity contribution is 6.03. The zero-order chi connectivity index (χ0) is 26.1. The maximum Gasteiger partial charge on any atom is 0.209 e. The van der Waals surface area contributed by atoms with E-state index in [2.05, 4.69) is 118 Å². The molecule has 0 aliphatic carbocycles. The Morgan fingerprint density at radius 1 is 0.972 bits per heavy atom. The highest BCUT2D eigenvalue weighted by atomic mass is 15.2. The minimum Gasteiger partial charge on any atom is -0.344 e. The van der Waals surface area contributed by atoms with Gasteiger partial charge in [0.15, 0.2) is 5.71 Å². The van der Waals surface area contributed by atoms with Crippen molar-refractivity contribution < 1.29 is 4.58 Å². The molecule has 2 aromatic carbocycles. The monoisotopic (exact) mass is 483 g/mol. The Kier molecular flexibility index (Phi) is 7.38. The standard InChI is InChI=1S/C32H43N4/c1-8-35(9-2)20-13-21-36-28-15-11-10-14-25(28)31(3,4)30(36)17-12-16-29-32(5,6)26-22-24(23-33)18-19-27(26)34(29)7/h10-12,14-19,22-23,33H,8-9,13,20-21H2,1-7H3/q+1. The van der Waals surface area contributed by atoms with Crippen LogP contribution in [-0.4, -0.2) is 54.6 Å². The maximum atomic E-state index is 7.67. The minimum atomic E-state index is -0.115. The third kappa shape index (κ3) is 4.48. The summed E-state index contributed by atoms with van der Waals surface area (Å²) < 4.78 is 2.30. The average Bonchev–Trinajstić information content (AvgIpc) is 3.20. The smallest absolute Gasteiger partial charge is 0.209 e. The largest absolute Gasteiger partial charge is 0.344 e. The van der Waals surface area contributed by atoms with Crippen molar-refractivity contribution in [2.45, 2.75) is 58.8 Å². The second-order valence-corrected chi connectivity index (χ2v) is 11.1. The molecule has 2 aliphatic rings. The normalized spacial score (nSPS) is 19.0. The summed E-state index contributed by atoms with van der Waals surface area (Å²) in [4.78, 5) is 5.05. The summed E-state index contributed by atoms with van der Waals surface area (Å²) in [7, 11) is 2.15. The molecule has 0 spiro atoms. The molecule has 1 N–H and O–H groups in total.